The zero-order chi connectivity index (χ0) is 14.0. The normalized spacial score (nSPS) is 18.4. The molecule has 1 saturated carbocycles. The summed E-state index contributed by atoms with van der Waals surface area (Å²) in [5, 5.41) is 4.06. The molecule has 0 aliphatic heterocycles. The largest absolute Gasteiger partial charge is 0.335 e. The van der Waals surface area contributed by atoms with Crippen LogP contribution in [0.1, 0.15) is 49.9 Å². The fraction of sp³-hybridized carbons (Fsp3) is 0.375. The third kappa shape index (κ3) is 2.51. The van der Waals surface area contributed by atoms with E-state index in [1.54, 1.807) is 0 Å². The Morgan fingerprint density at radius 1 is 1.25 bits per heavy atom. The highest BCUT2D eigenvalue weighted by Gasteiger charge is 2.35. The number of hydrogen-bond donors (Lipinski definition) is 1. The average Bonchev–Trinajstić information content (AvgIpc) is 3.10. The zero-order valence-corrected chi connectivity index (χ0v) is 11.7. The molecular weight excluding hydrogens is 250 g/mol. The highest BCUT2D eigenvalue weighted by molar-refractivity contribution is 5.77. The Morgan fingerprint density at radius 2 is 1.95 bits per heavy atom. The highest BCUT2D eigenvalue weighted by Crippen LogP contribution is 2.34. The second-order valence-electron chi connectivity index (χ2n) is 5.51. The first-order valence-corrected chi connectivity index (χ1v) is 7.04. The van der Waals surface area contributed by atoms with E-state index in [2.05, 4.69) is 22.3 Å². The highest BCUT2D eigenvalue weighted by atomic mass is 16.5. The van der Waals surface area contributed by atoms with Gasteiger partial charge in [-0.2, -0.15) is 4.98 Å². The molecule has 20 heavy (non-hydrogen) atoms. The molecule has 4 nitrogen and oxygen atoms in total. The summed E-state index contributed by atoms with van der Waals surface area (Å²) in [4.78, 5) is 4.45. The van der Waals surface area contributed by atoms with Crippen molar-refractivity contribution < 1.29 is 4.52 Å². The first-order chi connectivity index (χ1) is 9.67. The van der Waals surface area contributed by atoms with Gasteiger partial charge in [0.25, 0.3) is 5.89 Å². The Morgan fingerprint density at radius 3 is 2.65 bits per heavy atom. The topological polar surface area (TPSA) is 64.9 Å². The monoisotopic (exact) mass is 269 g/mol. The zero-order valence-electron chi connectivity index (χ0n) is 11.7. The molecule has 0 spiro atoms. The van der Waals surface area contributed by atoms with Crippen LogP contribution in [0.5, 0.6) is 0 Å². The Bertz CT molecular complexity index is 610. The maximum atomic E-state index is 6.33. The van der Waals surface area contributed by atoms with Gasteiger partial charge in [0, 0.05) is 6.08 Å². The Hall–Kier alpha value is -1.94. The molecule has 2 aromatic rings. The molecule has 0 amide bonds. The first kappa shape index (κ1) is 13.1. The standard InChI is InChI=1S/C16H19N3O/c1-12(13-7-3-2-4-8-13)11-14-18-15(19-20-14)16(17)9-5-6-10-16/h2-4,7-8,11H,5-6,9-10,17H2,1H3/b12-11-. The fourth-order valence-corrected chi connectivity index (χ4v) is 2.70. The number of nitrogens with two attached hydrogens (primary N) is 1. The predicted molar refractivity (Wildman–Crippen MR) is 78.6 cm³/mol. The third-order valence-corrected chi connectivity index (χ3v) is 3.95. The lowest BCUT2D eigenvalue weighted by Crippen LogP contribution is -2.34. The van der Waals surface area contributed by atoms with Crippen molar-refractivity contribution in [2.45, 2.75) is 38.1 Å². The molecular formula is C16H19N3O. The first-order valence-electron chi connectivity index (χ1n) is 7.04. The smallest absolute Gasteiger partial charge is 0.250 e. The number of rotatable bonds is 3. The summed E-state index contributed by atoms with van der Waals surface area (Å²) in [6, 6.07) is 10.1. The van der Waals surface area contributed by atoms with E-state index in [-0.39, 0.29) is 0 Å². The van der Waals surface area contributed by atoms with Gasteiger partial charge in [0.05, 0.1) is 5.54 Å². The fourth-order valence-electron chi connectivity index (χ4n) is 2.70. The van der Waals surface area contributed by atoms with Crippen LogP contribution in [0.4, 0.5) is 0 Å². The van der Waals surface area contributed by atoms with Crippen LogP contribution in [0.2, 0.25) is 0 Å². The molecule has 0 radical (unpaired) electrons. The van der Waals surface area contributed by atoms with Gasteiger partial charge < -0.3 is 10.3 Å². The molecule has 1 aromatic carbocycles. The van der Waals surface area contributed by atoms with E-state index >= 15 is 0 Å². The van der Waals surface area contributed by atoms with Gasteiger partial charge in [-0.15, -0.1) is 0 Å². The summed E-state index contributed by atoms with van der Waals surface area (Å²) in [6.07, 6.45) is 6.06. The Balaban J connectivity index is 1.84. The van der Waals surface area contributed by atoms with Crippen molar-refractivity contribution in [2.75, 3.05) is 0 Å². The van der Waals surface area contributed by atoms with E-state index in [1.165, 1.54) is 0 Å². The van der Waals surface area contributed by atoms with Gasteiger partial charge in [-0.3, -0.25) is 0 Å². The molecule has 1 aliphatic carbocycles. The summed E-state index contributed by atoms with van der Waals surface area (Å²) >= 11 is 0. The third-order valence-electron chi connectivity index (χ3n) is 3.95. The summed E-state index contributed by atoms with van der Waals surface area (Å²) < 4.78 is 5.32. The minimum absolute atomic E-state index is 0.393. The van der Waals surface area contributed by atoms with Gasteiger partial charge in [-0.05, 0) is 30.9 Å². The van der Waals surface area contributed by atoms with Crippen LogP contribution >= 0.6 is 0 Å². The maximum Gasteiger partial charge on any atom is 0.250 e. The van der Waals surface area contributed by atoms with Crippen LogP contribution in [-0.2, 0) is 5.54 Å². The van der Waals surface area contributed by atoms with E-state index in [1.807, 2.05) is 31.2 Å². The molecule has 1 heterocycles. The van der Waals surface area contributed by atoms with Crippen molar-refractivity contribution in [3.63, 3.8) is 0 Å². The summed E-state index contributed by atoms with van der Waals surface area (Å²) in [7, 11) is 0. The number of benzene rings is 1. The number of allylic oxidation sites excluding steroid dienone is 1. The van der Waals surface area contributed by atoms with Gasteiger partial charge >= 0.3 is 0 Å². The van der Waals surface area contributed by atoms with Crippen LogP contribution in [0, 0.1) is 0 Å². The molecule has 1 fully saturated rings. The Kier molecular flexibility index (Phi) is 3.40. The van der Waals surface area contributed by atoms with Crippen molar-refractivity contribution in [1.29, 1.82) is 0 Å². The van der Waals surface area contributed by atoms with Crippen molar-refractivity contribution in [3.05, 3.63) is 47.6 Å². The molecule has 2 N–H and O–H groups in total. The summed E-state index contributed by atoms with van der Waals surface area (Å²) in [6.45, 7) is 2.03. The van der Waals surface area contributed by atoms with Gasteiger partial charge in [-0.1, -0.05) is 48.3 Å². The minimum atomic E-state index is -0.393. The quantitative estimate of drug-likeness (QED) is 0.928. The lowest BCUT2D eigenvalue weighted by Gasteiger charge is -2.17. The molecule has 0 atom stereocenters. The van der Waals surface area contributed by atoms with E-state index < -0.39 is 5.54 Å². The van der Waals surface area contributed by atoms with E-state index in [0.717, 1.165) is 36.8 Å². The van der Waals surface area contributed by atoms with Crippen LogP contribution in [0.15, 0.2) is 34.9 Å². The van der Waals surface area contributed by atoms with Gasteiger partial charge in [-0.25, -0.2) is 0 Å². The van der Waals surface area contributed by atoms with Crippen LogP contribution in [-0.4, -0.2) is 10.1 Å². The number of nitrogens with zero attached hydrogens (tertiary/aromatic N) is 2. The van der Waals surface area contributed by atoms with Crippen molar-refractivity contribution in [2.24, 2.45) is 5.73 Å². The molecule has 0 unspecified atom stereocenters. The molecule has 0 bridgehead atoms. The van der Waals surface area contributed by atoms with Crippen molar-refractivity contribution in [1.82, 2.24) is 10.1 Å². The minimum Gasteiger partial charge on any atom is -0.335 e. The van der Waals surface area contributed by atoms with Crippen LogP contribution < -0.4 is 5.73 Å². The maximum absolute atomic E-state index is 6.33. The number of aromatic nitrogens is 2. The van der Waals surface area contributed by atoms with Gasteiger partial charge in [0.2, 0.25) is 0 Å². The summed E-state index contributed by atoms with van der Waals surface area (Å²) in [5.74, 6) is 1.17. The van der Waals surface area contributed by atoms with E-state index in [0.29, 0.717) is 11.7 Å². The molecule has 1 aliphatic rings. The second kappa shape index (κ2) is 5.21. The van der Waals surface area contributed by atoms with Gasteiger partial charge in [0.15, 0.2) is 5.82 Å². The molecule has 3 rings (SSSR count). The summed E-state index contributed by atoms with van der Waals surface area (Å²) in [5.41, 5.74) is 8.18. The van der Waals surface area contributed by atoms with E-state index in [4.69, 9.17) is 10.3 Å². The SMILES string of the molecule is C/C(=C/c1nc(C2(N)CCCC2)no1)c1ccccc1. The molecule has 104 valence electrons. The molecule has 4 heteroatoms. The van der Waals surface area contributed by atoms with Gasteiger partial charge in [0.1, 0.15) is 0 Å². The lowest BCUT2D eigenvalue weighted by molar-refractivity contribution is 0.364. The van der Waals surface area contributed by atoms with Crippen molar-refractivity contribution in [3.8, 4) is 0 Å². The Labute approximate surface area is 118 Å². The predicted octanol–water partition coefficient (Wildman–Crippen LogP) is 3.36. The number of hydrogen-bond acceptors (Lipinski definition) is 4. The lowest BCUT2D eigenvalue weighted by atomic mass is 9.99. The van der Waals surface area contributed by atoms with E-state index in [9.17, 15) is 0 Å². The second-order valence-corrected chi connectivity index (χ2v) is 5.51. The molecule has 0 saturated heterocycles. The van der Waals surface area contributed by atoms with Crippen LogP contribution in [0.3, 0.4) is 0 Å². The van der Waals surface area contributed by atoms with Crippen LogP contribution in [0.25, 0.3) is 11.6 Å². The average molecular weight is 269 g/mol. The molecule has 1 aromatic heterocycles. The van der Waals surface area contributed by atoms with Crippen molar-refractivity contribution >= 4 is 11.6 Å².